The van der Waals surface area contributed by atoms with E-state index in [4.69, 9.17) is 0 Å². The van der Waals surface area contributed by atoms with Gasteiger partial charge >= 0.3 is 11.9 Å². The van der Waals surface area contributed by atoms with Crippen molar-refractivity contribution in [1.29, 1.82) is 0 Å². The van der Waals surface area contributed by atoms with Crippen molar-refractivity contribution in [2.45, 2.75) is 31.8 Å². The highest BCUT2D eigenvalue weighted by atomic mass is 16.5. The van der Waals surface area contributed by atoms with E-state index in [1.54, 1.807) is 7.05 Å². The molecule has 3 amide bonds. The Kier molecular flexibility index (Phi) is 11.8. The SMILES string of the molecule is CCC[C@H](NC(=O)CNC)C(=O)N[C@@H](CNC(=O)/C=C/C(=O)OC)C(=O)O. The molecule has 27 heavy (non-hydrogen) atoms. The molecule has 0 aromatic heterocycles. The number of likely N-dealkylation sites (N-methyl/N-ethyl adjacent to an activating group) is 1. The maximum atomic E-state index is 12.3. The number of hydrogen-bond donors (Lipinski definition) is 5. The monoisotopic (exact) mass is 386 g/mol. The maximum absolute atomic E-state index is 12.3. The van der Waals surface area contributed by atoms with Gasteiger partial charge in [0.15, 0.2) is 0 Å². The Morgan fingerprint density at radius 2 is 1.74 bits per heavy atom. The van der Waals surface area contributed by atoms with Crippen LogP contribution in [0.3, 0.4) is 0 Å². The third-order valence-corrected chi connectivity index (χ3v) is 3.23. The number of amides is 3. The lowest BCUT2D eigenvalue weighted by atomic mass is 10.1. The second-order valence-corrected chi connectivity index (χ2v) is 5.44. The summed E-state index contributed by atoms with van der Waals surface area (Å²) < 4.78 is 4.32. The standard InChI is InChI=1S/C16H26N4O7/c1-4-5-10(19-13(22)9-17-2)15(24)20-11(16(25)26)8-18-12(21)6-7-14(23)27-3/h6-7,10-11,17H,4-5,8-9H2,1-3H3,(H,18,21)(H,19,22)(H,20,24)(H,25,26)/b7-6+/t10-,11-/m0/s1. The molecule has 0 aliphatic rings. The fraction of sp³-hybridized carbons (Fsp3) is 0.562. The van der Waals surface area contributed by atoms with Crippen molar-refractivity contribution in [1.82, 2.24) is 21.3 Å². The van der Waals surface area contributed by atoms with Crippen molar-refractivity contribution in [3.05, 3.63) is 12.2 Å². The van der Waals surface area contributed by atoms with E-state index < -0.39 is 48.3 Å². The van der Waals surface area contributed by atoms with Crippen LogP contribution in [-0.2, 0) is 28.7 Å². The van der Waals surface area contributed by atoms with E-state index in [0.29, 0.717) is 12.8 Å². The van der Waals surface area contributed by atoms with Crippen LogP contribution in [0.1, 0.15) is 19.8 Å². The summed E-state index contributed by atoms with van der Waals surface area (Å²) >= 11 is 0. The first-order valence-electron chi connectivity index (χ1n) is 8.26. The zero-order valence-electron chi connectivity index (χ0n) is 15.5. The van der Waals surface area contributed by atoms with Crippen LogP contribution in [0.25, 0.3) is 0 Å². The minimum Gasteiger partial charge on any atom is -0.480 e. The van der Waals surface area contributed by atoms with Gasteiger partial charge in [0.25, 0.3) is 0 Å². The van der Waals surface area contributed by atoms with Gasteiger partial charge in [-0.25, -0.2) is 9.59 Å². The van der Waals surface area contributed by atoms with Crippen molar-refractivity contribution >= 4 is 29.7 Å². The average molecular weight is 386 g/mol. The van der Waals surface area contributed by atoms with Gasteiger partial charge in [0.2, 0.25) is 17.7 Å². The zero-order valence-corrected chi connectivity index (χ0v) is 15.5. The zero-order chi connectivity index (χ0) is 20.8. The van der Waals surface area contributed by atoms with Crippen molar-refractivity contribution in [2.24, 2.45) is 0 Å². The third kappa shape index (κ3) is 10.6. The predicted molar refractivity (Wildman–Crippen MR) is 94.5 cm³/mol. The quantitative estimate of drug-likeness (QED) is 0.188. The number of carboxylic acids is 1. The Labute approximate surface area is 156 Å². The van der Waals surface area contributed by atoms with Gasteiger partial charge in [-0.1, -0.05) is 13.3 Å². The molecule has 0 rings (SSSR count). The van der Waals surface area contributed by atoms with Crippen LogP contribution in [0.15, 0.2) is 12.2 Å². The molecule has 2 atom stereocenters. The second kappa shape index (κ2) is 13.3. The maximum Gasteiger partial charge on any atom is 0.330 e. The molecule has 0 aliphatic heterocycles. The largest absolute Gasteiger partial charge is 0.480 e. The van der Waals surface area contributed by atoms with Crippen LogP contribution < -0.4 is 21.3 Å². The molecule has 0 heterocycles. The Morgan fingerprint density at radius 3 is 2.26 bits per heavy atom. The average Bonchev–Trinajstić information content (AvgIpc) is 2.62. The number of carboxylic acid groups (broad SMARTS) is 1. The second-order valence-electron chi connectivity index (χ2n) is 5.44. The van der Waals surface area contributed by atoms with Gasteiger partial charge in [0, 0.05) is 18.7 Å². The number of esters is 1. The summed E-state index contributed by atoms with van der Waals surface area (Å²) in [4.78, 5) is 57.7. The molecule has 11 nitrogen and oxygen atoms in total. The van der Waals surface area contributed by atoms with Crippen molar-refractivity contribution in [3.8, 4) is 0 Å². The molecule has 0 bridgehead atoms. The van der Waals surface area contributed by atoms with Crippen LogP contribution in [0.2, 0.25) is 0 Å². The van der Waals surface area contributed by atoms with Crippen LogP contribution in [0.5, 0.6) is 0 Å². The number of rotatable bonds is 12. The Bertz CT molecular complexity index is 577. The molecular formula is C16H26N4O7. The molecule has 0 saturated heterocycles. The molecule has 0 fully saturated rings. The highest BCUT2D eigenvalue weighted by Crippen LogP contribution is 1.98. The lowest BCUT2D eigenvalue weighted by molar-refractivity contribution is -0.142. The smallest absolute Gasteiger partial charge is 0.330 e. The molecule has 11 heteroatoms. The number of carbonyl (C=O) groups is 5. The van der Waals surface area contributed by atoms with Crippen molar-refractivity contribution in [2.75, 3.05) is 27.2 Å². The molecular weight excluding hydrogens is 360 g/mol. The van der Waals surface area contributed by atoms with Gasteiger partial charge < -0.3 is 31.1 Å². The summed E-state index contributed by atoms with van der Waals surface area (Å²) in [7, 11) is 2.72. The van der Waals surface area contributed by atoms with Crippen LogP contribution in [-0.4, -0.2) is 74.1 Å². The first kappa shape index (κ1) is 24.1. The molecule has 0 radical (unpaired) electrons. The van der Waals surface area contributed by atoms with Gasteiger partial charge in [-0.05, 0) is 13.5 Å². The van der Waals surface area contributed by atoms with E-state index in [1.165, 1.54) is 0 Å². The summed E-state index contributed by atoms with van der Waals surface area (Å²) in [6.07, 6.45) is 2.66. The van der Waals surface area contributed by atoms with Crippen molar-refractivity contribution in [3.63, 3.8) is 0 Å². The topological polar surface area (TPSA) is 163 Å². The van der Waals surface area contributed by atoms with E-state index in [9.17, 15) is 29.1 Å². The summed E-state index contributed by atoms with van der Waals surface area (Å²) in [5.74, 6) is -3.91. The lowest BCUT2D eigenvalue weighted by Crippen LogP contribution is -2.55. The first-order valence-corrected chi connectivity index (χ1v) is 8.26. The number of aliphatic carboxylic acids is 1. The van der Waals surface area contributed by atoms with E-state index in [0.717, 1.165) is 19.3 Å². The van der Waals surface area contributed by atoms with E-state index in [2.05, 4.69) is 26.0 Å². The summed E-state index contributed by atoms with van der Waals surface area (Å²) in [6.45, 7) is 1.42. The summed E-state index contributed by atoms with van der Waals surface area (Å²) in [5, 5.41) is 18.9. The number of carbonyl (C=O) groups excluding carboxylic acids is 4. The highest BCUT2D eigenvalue weighted by molar-refractivity contribution is 5.95. The van der Waals surface area contributed by atoms with Crippen LogP contribution in [0.4, 0.5) is 0 Å². The number of hydrogen-bond acceptors (Lipinski definition) is 7. The van der Waals surface area contributed by atoms with Gasteiger partial charge in [-0.15, -0.1) is 0 Å². The number of ether oxygens (including phenoxy) is 1. The van der Waals surface area contributed by atoms with E-state index >= 15 is 0 Å². The lowest BCUT2D eigenvalue weighted by Gasteiger charge is -2.21. The minimum atomic E-state index is -1.41. The first-order chi connectivity index (χ1) is 12.7. The molecule has 5 N–H and O–H groups in total. The van der Waals surface area contributed by atoms with E-state index in [-0.39, 0.29) is 6.54 Å². The summed E-state index contributed by atoms with van der Waals surface area (Å²) in [6, 6.07) is -2.30. The predicted octanol–water partition coefficient (Wildman–Crippen LogP) is -2.09. The Hall–Kier alpha value is -2.95. The molecule has 0 unspecified atom stereocenters. The molecule has 0 aromatic carbocycles. The Morgan fingerprint density at radius 1 is 1.07 bits per heavy atom. The summed E-state index contributed by atoms with van der Waals surface area (Å²) in [5.41, 5.74) is 0. The molecule has 0 aliphatic carbocycles. The molecule has 0 saturated carbocycles. The van der Waals surface area contributed by atoms with Gasteiger partial charge in [0.1, 0.15) is 12.1 Å². The molecule has 0 spiro atoms. The normalized spacial score (nSPS) is 12.7. The van der Waals surface area contributed by atoms with Crippen LogP contribution >= 0.6 is 0 Å². The highest BCUT2D eigenvalue weighted by Gasteiger charge is 2.26. The van der Waals surface area contributed by atoms with Crippen molar-refractivity contribution < 1.29 is 33.8 Å². The van der Waals surface area contributed by atoms with Gasteiger partial charge in [0.05, 0.1) is 13.7 Å². The number of nitrogens with one attached hydrogen (secondary N) is 4. The Balaban J connectivity index is 4.80. The fourth-order valence-corrected chi connectivity index (χ4v) is 1.91. The van der Waals surface area contributed by atoms with Crippen LogP contribution in [0, 0.1) is 0 Å². The molecule has 152 valence electrons. The third-order valence-electron chi connectivity index (χ3n) is 3.23. The minimum absolute atomic E-state index is 0.0123. The van der Waals surface area contributed by atoms with E-state index in [1.807, 2.05) is 6.92 Å². The van der Waals surface area contributed by atoms with Gasteiger partial charge in [-0.3, -0.25) is 14.4 Å². The number of methoxy groups -OCH3 is 1. The van der Waals surface area contributed by atoms with Gasteiger partial charge in [-0.2, -0.15) is 0 Å². The fourth-order valence-electron chi connectivity index (χ4n) is 1.91. The molecule has 0 aromatic rings.